The Labute approximate surface area is 134 Å². The summed E-state index contributed by atoms with van der Waals surface area (Å²) >= 11 is 11.9. The maximum atomic E-state index is 5.99. The van der Waals surface area contributed by atoms with Gasteiger partial charge in [-0.15, -0.1) is 0 Å². The van der Waals surface area contributed by atoms with Crippen LogP contribution in [-0.2, 0) is 0 Å². The first kappa shape index (κ1) is 15.9. The van der Waals surface area contributed by atoms with Crippen molar-refractivity contribution in [2.24, 2.45) is 0 Å². The van der Waals surface area contributed by atoms with Crippen LogP contribution in [-0.4, -0.2) is 16.5 Å². The van der Waals surface area contributed by atoms with E-state index in [4.69, 9.17) is 23.2 Å². The smallest absolute Gasteiger partial charge is 0.224 e. The van der Waals surface area contributed by atoms with Crippen molar-refractivity contribution in [3.05, 3.63) is 40.5 Å². The number of hydrogen-bond acceptors (Lipinski definition) is 4. The molecule has 0 amide bonds. The molecule has 0 radical (unpaired) electrons. The first-order valence-electron chi connectivity index (χ1n) is 6.98. The van der Waals surface area contributed by atoms with Gasteiger partial charge >= 0.3 is 0 Å². The summed E-state index contributed by atoms with van der Waals surface area (Å²) in [6.07, 6.45) is 5.23. The Balaban J connectivity index is 1.98. The maximum Gasteiger partial charge on any atom is 0.224 e. The fourth-order valence-electron chi connectivity index (χ4n) is 1.81. The Bertz CT molecular complexity index is 590. The molecule has 0 atom stereocenters. The van der Waals surface area contributed by atoms with Crippen molar-refractivity contribution in [2.75, 3.05) is 17.2 Å². The molecule has 1 heterocycles. The number of nitrogens with one attached hydrogen (secondary N) is 2. The molecule has 1 aromatic heterocycles. The zero-order chi connectivity index (χ0) is 15.1. The van der Waals surface area contributed by atoms with Gasteiger partial charge in [-0.2, -0.15) is 4.98 Å². The molecular formula is C15H18Cl2N4. The predicted octanol–water partition coefficient (Wildman–Crippen LogP) is 5.13. The van der Waals surface area contributed by atoms with E-state index in [1.54, 1.807) is 24.4 Å². The third-order valence-corrected chi connectivity index (χ3v) is 3.65. The highest BCUT2D eigenvalue weighted by Gasteiger charge is 2.02. The highest BCUT2D eigenvalue weighted by molar-refractivity contribution is 6.42. The topological polar surface area (TPSA) is 49.8 Å². The lowest BCUT2D eigenvalue weighted by Gasteiger charge is -2.09. The van der Waals surface area contributed by atoms with Gasteiger partial charge in [0.2, 0.25) is 5.95 Å². The number of nitrogens with zero attached hydrogens (tertiary/aromatic N) is 2. The largest absolute Gasteiger partial charge is 0.354 e. The fraction of sp³-hybridized carbons (Fsp3) is 0.333. The molecule has 2 rings (SSSR count). The van der Waals surface area contributed by atoms with Gasteiger partial charge in [-0.1, -0.05) is 43.0 Å². The van der Waals surface area contributed by atoms with Gasteiger partial charge in [-0.25, -0.2) is 4.98 Å². The van der Waals surface area contributed by atoms with E-state index >= 15 is 0 Å². The second kappa shape index (κ2) is 8.05. The summed E-state index contributed by atoms with van der Waals surface area (Å²) in [6.45, 7) is 3.06. The molecule has 0 fully saturated rings. The van der Waals surface area contributed by atoms with E-state index in [0.29, 0.717) is 21.8 Å². The monoisotopic (exact) mass is 324 g/mol. The van der Waals surface area contributed by atoms with Crippen LogP contribution in [0.3, 0.4) is 0 Å². The van der Waals surface area contributed by atoms with Gasteiger partial charge in [-0.05, 0) is 30.7 Å². The molecule has 1 aromatic carbocycles. The number of unbranched alkanes of at least 4 members (excludes halogenated alkanes) is 2. The van der Waals surface area contributed by atoms with Gasteiger partial charge in [0.15, 0.2) is 0 Å². The number of halogens is 2. The van der Waals surface area contributed by atoms with Crippen molar-refractivity contribution < 1.29 is 0 Å². The van der Waals surface area contributed by atoms with E-state index in [1.165, 1.54) is 12.8 Å². The van der Waals surface area contributed by atoms with Crippen LogP contribution in [0, 0.1) is 0 Å². The third kappa shape index (κ3) is 5.06. The van der Waals surface area contributed by atoms with Gasteiger partial charge in [0.05, 0.1) is 10.0 Å². The van der Waals surface area contributed by atoms with Crippen molar-refractivity contribution in [3.63, 3.8) is 0 Å². The van der Waals surface area contributed by atoms with Crippen LogP contribution in [0.2, 0.25) is 10.0 Å². The highest BCUT2D eigenvalue weighted by atomic mass is 35.5. The molecule has 0 unspecified atom stereocenters. The van der Waals surface area contributed by atoms with Crippen LogP contribution in [0.4, 0.5) is 17.5 Å². The summed E-state index contributed by atoms with van der Waals surface area (Å²) in [5.41, 5.74) is 0.833. The quantitative estimate of drug-likeness (QED) is 0.693. The zero-order valence-electron chi connectivity index (χ0n) is 11.9. The minimum absolute atomic E-state index is 0.508. The van der Waals surface area contributed by atoms with Crippen LogP contribution < -0.4 is 10.6 Å². The molecule has 112 valence electrons. The summed E-state index contributed by atoms with van der Waals surface area (Å²) in [5, 5.41) is 7.44. The SMILES string of the molecule is CCCCCNc1nccc(Nc2ccc(Cl)c(Cl)c2)n1. The van der Waals surface area contributed by atoms with Crippen LogP contribution >= 0.6 is 23.2 Å². The zero-order valence-corrected chi connectivity index (χ0v) is 13.4. The average molecular weight is 325 g/mol. The van der Waals surface area contributed by atoms with Gasteiger partial charge in [0.1, 0.15) is 5.82 Å². The molecule has 4 nitrogen and oxygen atoms in total. The average Bonchev–Trinajstić information content (AvgIpc) is 2.48. The minimum Gasteiger partial charge on any atom is -0.354 e. The van der Waals surface area contributed by atoms with Crippen LogP contribution in [0.15, 0.2) is 30.5 Å². The summed E-state index contributed by atoms with van der Waals surface area (Å²) in [6, 6.07) is 7.17. The molecule has 0 aliphatic heterocycles. The molecular weight excluding hydrogens is 307 g/mol. The molecule has 0 saturated heterocycles. The standard InChI is InChI=1S/C15H18Cl2N4/c1-2-3-4-8-18-15-19-9-7-14(21-15)20-11-5-6-12(16)13(17)10-11/h5-7,9-10H,2-4,8H2,1H3,(H2,18,19,20,21). The van der Waals surface area contributed by atoms with Crippen molar-refractivity contribution in [1.29, 1.82) is 0 Å². The van der Waals surface area contributed by atoms with Crippen LogP contribution in [0.1, 0.15) is 26.2 Å². The number of hydrogen-bond donors (Lipinski definition) is 2. The predicted molar refractivity (Wildman–Crippen MR) is 89.8 cm³/mol. The van der Waals surface area contributed by atoms with E-state index < -0.39 is 0 Å². The molecule has 21 heavy (non-hydrogen) atoms. The number of rotatable bonds is 7. The Morgan fingerprint density at radius 2 is 1.95 bits per heavy atom. The molecule has 2 aromatic rings. The number of aromatic nitrogens is 2. The molecule has 6 heteroatoms. The Morgan fingerprint density at radius 1 is 1.10 bits per heavy atom. The van der Waals surface area contributed by atoms with E-state index in [0.717, 1.165) is 18.7 Å². The summed E-state index contributed by atoms with van der Waals surface area (Å²) < 4.78 is 0. The minimum atomic E-state index is 0.508. The van der Waals surface area contributed by atoms with Crippen LogP contribution in [0.25, 0.3) is 0 Å². The molecule has 0 spiro atoms. The summed E-state index contributed by atoms with van der Waals surface area (Å²) in [5.74, 6) is 1.33. The molecule has 0 saturated carbocycles. The van der Waals surface area contributed by atoms with Gasteiger partial charge < -0.3 is 10.6 Å². The molecule has 0 bridgehead atoms. The van der Waals surface area contributed by atoms with Gasteiger partial charge in [0, 0.05) is 18.4 Å². The number of anilines is 3. The van der Waals surface area contributed by atoms with Crippen molar-refractivity contribution in [1.82, 2.24) is 9.97 Å². The molecule has 2 N–H and O–H groups in total. The van der Waals surface area contributed by atoms with Crippen molar-refractivity contribution in [2.45, 2.75) is 26.2 Å². The summed E-state index contributed by atoms with van der Waals surface area (Å²) in [7, 11) is 0. The Morgan fingerprint density at radius 3 is 2.71 bits per heavy atom. The lowest BCUT2D eigenvalue weighted by molar-refractivity contribution is 0.740. The van der Waals surface area contributed by atoms with E-state index in [-0.39, 0.29) is 0 Å². The van der Waals surface area contributed by atoms with Crippen molar-refractivity contribution in [3.8, 4) is 0 Å². The van der Waals surface area contributed by atoms with E-state index in [2.05, 4.69) is 27.5 Å². The van der Waals surface area contributed by atoms with E-state index in [1.807, 2.05) is 6.07 Å². The lowest BCUT2D eigenvalue weighted by Crippen LogP contribution is -2.06. The highest BCUT2D eigenvalue weighted by Crippen LogP contribution is 2.26. The van der Waals surface area contributed by atoms with Gasteiger partial charge in [0.25, 0.3) is 0 Å². The summed E-state index contributed by atoms with van der Waals surface area (Å²) in [4.78, 5) is 8.61. The maximum absolute atomic E-state index is 5.99. The van der Waals surface area contributed by atoms with Crippen molar-refractivity contribution >= 4 is 40.7 Å². The number of benzene rings is 1. The first-order chi connectivity index (χ1) is 10.2. The second-order valence-corrected chi connectivity index (χ2v) is 5.47. The Hall–Kier alpha value is -1.52. The normalized spacial score (nSPS) is 10.4. The Kier molecular flexibility index (Phi) is 6.08. The second-order valence-electron chi connectivity index (χ2n) is 4.65. The van der Waals surface area contributed by atoms with Crippen LogP contribution in [0.5, 0.6) is 0 Å². The fourth-order valence-corrected chi connectivity index (χ4v) is 2.11. The lowest BCUT2D eigenvalue weighted by atomic mass is 10.2. The third-order valence-electron chi connectivity index (χ3n) is 2.91. The van der Waals surface area contributed by atoms with E-state index in [9.17, 15) is 0 Å². The van der Waals surface area contributed by atoms with Gasteiger partial charge in [-0.3, -0.25) is 0 Å². The molecule has 0 aliphatic carbocycles. The molecule has 0 aliphatic rings. The first-order valence-corrected chi connectivity index (χ1v) is 7.73.